The first-order valence-corrected chi connectivity index (χ1v) is 6.49. The van der Waals surface area contributed by atoms with Crippen molar-refractivity contribution in [3.05, 3.63) is 48.7 Å². The Kier molecular flexibility index (Phi) is 4.65. The van der Waals surface area contributed by atoms with Gasteiger partial charge in [0, 0.05) is 11.8 Å². The lowest BCUT2D eigenvalue weighted by atomic mass is 10.1. The van der Waals surface area contributed by atoms with Crippen LogP contribution in [-0.4, -0.2) is 29.1 Å². The summed E-state index contributed by atoms with van der Waals surface area (Å²) in [6.07, 6.45) is 1.43. The number of alkyl halides is 1. The van der Waals surface area contributed by atoms with Gasteiger partial charge in [0.05, 0.1) is 12.1 Å². The van der Waals surface area contributed by atoms with Gasteiger partial charge in [-0.1, -0.05) is 18.2 Å². The van der Waals surface area contributed by atoms with E-state index in [0.29, 0.717) is 5.69 Å². The average molecular weight is 296 g/mol. The molecule has 0 radical (unpaired) electrons. The fraction of sp³-hybridized carbons (Fsp3) is 0.214. The van der Waals surface area contributed by atoms with E-state index in [4.69, 9.17) is 20.8 Å². The highest BCUT2D eigenvalue weighted by atomic mass is 35.5. The smallest absolute Gasteiger partial charge is 0.284 e. The van der Waals surface area contributed by atoms with Gasteiger partial charge in [-0.15, -0.1) is 11.6 Å². The Hall–Kier alpha value is -1.98. The predicted molar refractivity (Wildman–Crippen MR) is 74.9 cm³/mol. The third-order valence-corrected chi connectivity index (χ3v) is 3.07. The summed E-state index contributed by atoms with van der Waals surface area (Å²) in [6.45, 7) is -0.303. The summed E-state index contributed by atoms with van der Waals surface area (Å²) in [7, 11) is 0. The number of carbonyl (C=O) groups is 1. The minimum atomic E-state index is -1.84. The maximum absolute atomic E-state index is 12.1. The molecule has 0 saturated carbocycles. The molecule has 1 aromatic heterocycles. The Labute approximate surface area is 121 Å². The van der Waals surface area contributed by atoms with Crippen molar-refractivity contribution >= 4 is 23.2 Å². The van der Waals surface area contributed by atoms with Crippen LogP contribution in [0.5, 0.6) is 5.95 Å². The number of benzene rings is 1. The molecule has 0 aliphatic carbocycles. The van der Waals surface area contributed by atoms with Gasteiger partial charge in [-0.25, -0.2) is 0 Å². The molecule has 20 heavy (non-hydrogen) atoms. The first kappa shape index (κ1) is 14.4. The Morgan fingerprint density at radius 1 is 1.30 bits per heavy atom. The van der Waals surface area contributed by atoms with Gasteiger partial charge in [-0.2, -0.15) is 0 Å². The standard InChI is InChI=1S/C14H14ClNO4/c15-9-14(18,10-20-12-7-4-8-19-12)13(17)16-11-5-2-1-3-6-11/h1-8,18H,9-10H2,(H,16,17). The average Bonchev–Trinajstić information content (AvgIpc) is 2.99. The molecule has 0 bridgehead atoms. The maximum Gasteiger partial charge on any atom is 0.284 e. The van der Waals surface area contributed by atoms with Gasteiger partial charge in [0.2, 0.25) is 0 Å². The zero-order valence-corrected chi connectivity index (χ0v) is 11.3. The molecule has 1 unspecified atom stereocenters. The van der Waals surface area contributed by atoms with Crippen molar-refractivity contribution in [2.24, 2.45) is 0 Å². The van der Waals surface area contributed by atoms with Crippen LogP contribution in [0, 0.1) is 0 Å². The second kappa shape index (κ2) is 6.45. The second-order valence-electron chi connectivity index (χ2n) is 4.21. The highest BCUT2D eigenvalue weighted by Crippen LogP contribution is 2.17. The second-order valence-corrected chi connectivity index (χ2v) is 4.47. The van der Waals surface area contributed by atoms with E-state index in [1.54, 1.807) is 36.4 Å². The molecule has 0 aliphatic rings. The fourth-order valence-electron chi connectivity index (χ4n) is 1.47. The van der Waals surface area contributed by atoms with E-state index in [2.05, 4.69) is 5.32 Å². The number of rotatable bonds is 6. The first-order valence-electron chi connectivity index (χ1n) is 5.95. The molecule has 1 amide bonds. The Bertz CT molecular complexity index is 544. The lowest BCUT2D eigenvalue weighted by Crippen LogP contribution is -2.49. The molecule has 1 heterocycles. The van der Waals surface area contributed by atoms with Crippen molar-refractivity contribution in [3.63, 3.8) is 0 Å². The third kappa shape index (κ3) is 3.53. The SMILES string of the molecule is O=C(Nc1ccccc1)C(O)(CCl)COc1ccco1. The number of ether oxygens (including phenoxy) is 1. The summed E-state index contributed by atoms with van der Waals surface area (Å²) in [5.41, 5.74) is -1.27. The predicted octanol–water partition coefficient (Wildman–Crippen LogP) is 2.27. The fourth-order valence-corrected chi connectivity index (χ4v) is 1.67. The molecule has 0 fully saturated rings. The molecule has 2 rings (SSSR count). The van der Waals surface area contributed by atoms with E-state index >= 15 is 0 Å². The van der Waals surface area contributed by atoms with Crippen molar-refractivity contribution in [1.29, 1.82) is 0 Å². The van der Waals surface area contributed by atoms with Crippen molar-refractivity contribution in [1.82, 2.24) is 0 Å². The molecule has 0 spiro atoms. The quantitative estimate of drug-likeness (QED) is 0.802. The van der Waals surface area contributed by atoms with Crippen LogP contribution >= 0.6 is 11.6 Å². The van der Waals surface area contributed by atoms with Gasteiger partial charge in [0.25, 0.3) is 11.9 Å². The monoisotopic (exact) mass is 295 g/mol. The number of amides is 1. The molecule has 6 heteroatoms. The van der Waals surface area contributed by atoms with Crippen LogP contribution in [0.4, 0.5) is 5.69 Å². The first-order chi connectivity index (χ1) is 9.64. The van der Waals surface area contributed by atoms with Gasteiger partial charge < -0.3 is 19.6 Å². The van der Waals surface area contributed by atoms with Crippen molar-refractivity contribution in [2.45, 2.75) is 5.60 Å². The van der Waals surface area contributed by atoms with Gasteiger partial charge in [0.1, 0.15) is 6.61 Å². The Morgan fingerprint density at radius 3 is 2.65 bits per heavy atom. The number of aliphatic hydroxyl groups is 1. The Balaban J connectivity index is 1.99. The largest absolute Gasteiger partial charge is 0.461 e. The van der Waals surface area contributed by atoms with Crippen LogP contribution in [0.1, 0.15) is 0 Å². The van der Waals surface area contributed by atoms with Crippen LogP contribution in [0.3, 0.4) is 0 Å². The van der Waals surface area contributed by atoms with Crippen molar-refractivity contribution < 1.29 is 19.1 Å². The molecule has 2 N–H and O–H groups in total. The summed E-state index contributed by atoms with van der Waals surface area (Å²) in [5.74, 6) is -0.724. The molecule has 0 aliphatic heterocycles. The van der Waals surface area contributed by atoms with Gasteiger partial charge in [0.15, 0.2) is 5.60 Å². The summed E-state index contributed by atoms with van der Waals surface area (Å²) in [4.78, 5) is 12.1. The number of anilines is 1. The molecule has 1 atom stereocenters. The number of hydrogen-bond acceptors (Lipinski definition) is 4. The van der Waals surface area contributed by atoms with Crippen molar-refractivity contribution in [3.8, 4) is 5.95 Å². The van der Waals surface area contributed by atoms with Gasteiger partial charge in [-0.3, -0.25) is 4.79 Å². The Morgan fingerprint density at radius 2 is 2.05 bits per heavy atom. The van der Waals surface area contributed by atoms with Gasteiger partial charge >= 0.3 is 0 Å². The van der Waals surface area contributed by atoms with Gasteiger partial charge in [-0.05, 0) is 18.2 Å². The number of hydrogen-bond donors (Lipinski definition) is 2. The number of carbonyl (C=O) groups excluding carboxylic acids is 1. The summed E-state index contributed by atoms with van der Waals surface area (Å²) in [5, 5.41) is 12.8. The van der Waals surface area contributed by atoms with E-state index < -0.39 is 11.5 Å². The molecule has 1 aromatic carbocycles. The number of para-hydroxylation sites is 1. The molecule has 0 saturated heterocycles. The van der Waals surface area contributed by atoms with E-state index in [-0.39, 0.29) is 18.4 Å². The summed E-state index contributed by atoms with van der Waals surface area (Å²) < 4.78 is 10.2. The van der Waals surface area contributed by atoms with Crippen LogP contribution < -0.4 is 10.1 Å². The minimum Gasteiger partial charge on any atom is -0.461 e. The number of nitrogens with one attached hydrogen (secondary N) is 1. The third-order valence-electron chi connectivity index (χ3n) is 2.62. The molecule has 106 valence electrons. The van der Waals surface area contributed by atoms with E-state index in [1.165, 1.54) is 6.26 Å². The zero-order chi connectivity index (χ0) is 14.4. The molecular formula is C14H14ClNO4. The maximum atomic E-state index is 12.1. The van der Waals surface area contributed by atoms with Crippen LogP contribution in [0.15, 0.2) is 53.1 Å². The molecular weight excluding hydrogens is 282 g/mol. The normalized spacial score (nSPS) is 13.5. The van der Waals surface area contributed by atoms with E-state index in [1.807, 2.05) is 6.07 Å². The lowest BCUT2D eigenvalue weighted by Gasteiger charge is -2.23. The number of halogens is 1. The highest BCUT2D eigenvalue weighted by molar-refractivity contribution is 6.21. The van der Waals surface area contributed by atoms with E-state index in [0.717, 1.165) is 0 Å². The molecule has 2 aromatic rings. The van der Waals surface area contributed by atoms with Crippen molar-refractivity contribution in [2.75, 3.05) is 17.8 Å². The summed E-state index contributed by atoms with van der Waals surface area (Å²) >= 11 is 5.69. The highest BCUT2D eigenvalue weighted by Gasteiger charge is 2.36. The number of furan rings is 1. The van der Waals surface area contributed by atoms with Crippen LogP contribution in [0.2, 0.25) is 0 Å². The minimum absolute atomic E-state index is 0.209. The zero-order valence-electron chi connectivity index (χ0n) is 10.6. The molecule has 5 nitrogen and oxygen atoms in total. The summed E-state index contributed by atoms with van der Waals surface area (Å²) in [6, 6.07) is 12.0. The topological polar surface area (TPSA) is 71.7 Å². The van der Waals surface area contributed by atoms with E-state index in [9.17, 15) is 9.90 Å². The van der Waals surface area contributed by atoms with Crippen LogP contribution in [0.25, 0.3) is 0 Å². The lowest BCUT2D eigenvalue weighted by molar-refractivity contribution is -0.135. The van der Waals surface area contributed by atoms with Crippen LogP contribution in [-0.2, 0) is 4.79 Å².